The molecule has 0 bridgehead atoms. The van der Waals surface area contributed by atoms with Crippen molar-refractivity contribution in [2.24, 2.45) is 5.73 Å². The monoisotopic (exact) mass is 211 g/mol. The summed E-state index contributed by atoms with van der Waals surface area (Å²) in [7, 11) is 1.59. The van der Waals surface area contributed by atoms with Crippen LogP contribution >= 0.6 is 12.2 Å². The minimum atomic E-state index is -0.290. The second kappa shape index (κ2) is 4.81. The third-order valence-corrected chi connectivity index (χ3v) is 2.11. The summed E-state index contributed by atoms with van der Waals surface area (Å²) in [5.41, 5.74) is 5.44. The van der Waals surface area contributed by atoms with E-state index in [1.807, 2.05) is 24.3 Å². The topological polar surface area (TPSA) is 44.5 Å². The molecule has 0 aliphatic carbocycles. The maximum atomic E-state index is 5.51. The number of rotatable bonds is 4. The van der Waals surface area contributed by atoms with Crippen molar-refractivity contribution in [3.05, 3.63) is 24.3 Å². The number of ether oxygens (including phenoxy) is 2. The molecule has 4 heteroatoms. The molecular weight excluding hydrogens is 198 g/mol. The zero-order valence-electron chi connectivity index (χ0n) is 8.19. The zero-order chi connectivity index (χ0) is 10.6. The minimum Gasteiger partial charge on any atom is -0.493 e. The van der Waals surface area contributed by atoms with E-state index in [9.17, 15) is 0 Å². The van der Waals surface area contributed by atoms with Crippen molar-refractivity contribution in [2.75, 3.05) is 7.11 Å². The van der Waals surface area contributed by atoms with Gasteiger partial charge in [0, 0.05) is 0 Å². The highest BCUT2D eigenvalue weighted by molar-refractivity contribution is 7.80. The largest absolute Gasteiger partial charge is 0.493 e. The SMILES string of the molecule is COc1ccccc1OC(C)C(N)=S. The van der Waals surface area contributed by atoms with Gasteiger partial charge < -0.3 is 15.2 Å². The minimum absolute atomic E-state index is 0.290. The molecule has 1 aromatic carbocycles. The molecule has 0 aliphatic rings. The van der Waals surface area contributed by atoms with Crippen LogP contribution in [0.2, 0.25) is 0 Å². The second-order valence-electron chi connectivity index (χ2n) is 2.81. The van der Waals surface area contributed by atoms with E-state index in [4.69, 9.17) is 27.4 Å². The molecule has 1 atom stereocenters. The first-order valence-corrected chi connectivity index (χ1v) is 4.65. The smallest absolute Gasteiger partial charge is 0.162 e. The lowest BCUT2D eigenvalue weighted by molar-refractivity contribution is 0.270. The number of hydrogen-bond acceptors (Lipinski definition) is 3. The van der Waals surface area contributed by atoms with E-state index < -0.39 is 0 Å². The highest BCUT2D eigenvalue weighted by atomic mass is 32.1. The number of benzene rings is 1. The van der Waals surface area contributed by atoms with Gasteiger partial charge in [-0.2, -0.15) is 0 Å². The molecule has 14 heavy (non-hydrogen) atoms. The van der Waals surface area contributed by atoms with Crippen LogP contribution in [-0.2, 0) is 0 Å². The van der Waals surface area contributed by atoms with Crippen LogP contribution < -0.4 is 15.2 Å². The van der Waals surface area contributed by atoms with Crippen LogP contribution in [0.3, 0.4) is 0 Å². The van der Waals surface area contributed by atoms with E-state index in [1.165, 1.54) is 0 Å². The maximum Gasteiger partial charge on any atom is 0.162 e. The summed E-state index contributed by atoms with van der Waals surface area (Å²) < 4.78 is 10.6. The fourth-order valence-electron chi connectivity index (χ4n) is 0.965. The molecule has 0 aliphatic heterocycles. The van der Waals surface area contributed by atoms with Gasteiger partial charge in [0.1, 0.15) is 11.1 Å². The van der Waals surface area contributed by atoms with Gasteiger partial charge in [-0.15, -0.1) is 0 Å². The normalized spacial score (nSPS) is 11.9. The third kappa shape index (κ3) is 2.60. The van der Waals surface area contributed by atoms with Crippen LogP contribution in [0.25, 0.3) is 0 Å². The van der Waals surface area contributed by atoms with Crippen LogP contribution in [-0.4, -0.2) is 18.2 Å². The van der Waals surface area contributed by atoms with Gasteiger partial charge in [0.15, 0.2) is 11.5 Å². The van der Waals surface area contributed by atoms with Crippen LogP contribution in [0.1, 0.15) is 6.92 Å². The van der Waals surface area contributed by atoms with E-state index >= 15 is 0 Å². The first-order chi connectivity index (χ1) is 6.65. The average Bonchev–Trinajstić information content (AvgIpc) is 2.18. The molecule has 0 heterocycles. The first-order valence-electron chi connectivity index (χ1n) is 4.24. The second-order valence-corrected chi connectivity index (χ2v) is 3.28. The van der Waals surface area contributed by atoms with Crippen molar-refractivity contribution >= 4 is 17.2 Å². The fraction of sp³-hybridized carbons (Fsp3) is 0.300. The molecule has 1 aromatic rings. The molecular formula is C10H13NO2S. The summed E-state index contributed by atoms with van der Waals surface area (Å²) in [6.07, 6.45) is -0.290. The van der Waals surface area contributed by atoms with Gasteiger partial charge in [0.25, 0.3) is 0 Å². The summed E-state index contributed by atoms with van der Waals surface area (Å²) in [4.78, 5) is 0.330. The molecule has 2 N–H and O–H groups in total. The van der Waals surface area contributed by atoms with Crippen molar-refractivity contribution in [3.63, 3.8) is 0 Å². The van der Waals surface area contributed by atoms with Crippen LogP contribution in [0.15, 0.2) is 24.3 Å². The van der Waals surface area contributed by atoms with Crippen molar-refractivity contribution in [2.45, 2.75) is 13.0 Å². The number of methoxy groups -OCH3 is 1. The molecule has 0 spiro atoms. The van der Waals surface area contributed by atoms with Crippen LogP contribution in [0.4, 0.5) is 0 Å². The molecule has 0 saturated carbocycles. The molecule has 0 aromatic heterocycles. The van der Waals surface area contributed by atoms with Gasteiger partial charge in [-0.25, -0.2) is 0 Å². The Labute approximate surface area is 88.8 Å². The Morgan fingerprint density at radius 3 is 2.43 bits per heavy atom. The molecule has 0 amide bonds. The summed E-state index contributed by atoms with van der Waals surface area (Å²) in [5, 5.41) is 0. The van der Waals surface area contributed by atoms with E-state index in [0.717, 1.165) is 0 Å². The molecule has 1 unspecified atom stereocenters. The number of nitrogens with two attached hydrogens (primary N) is 1. The lowest BCUT2D eigenvalue weighted by Crippen LogP contribution is -2.29. The first kappa shape index (κ1) is 10.8. The van der Waals surface area contributed by atoms with Crippen molar-refractivity contribution in [1.82, 2.24) is 0 Å². The summed E-state index contributed by atoms with van der Waals surface area (Å²) in [5.74, 6) is 1.32. The predicted molar refractivity (Wildman–Crippen MR) is 59.9 cm³/mol. The fourth-order valence-corrected chi connectivity index (χ4v) is 1.01. The van der Waals surface area contributed by atoms with Crippen LogP contribution in [0, 0.1) is 0 Å². The molecule has 3 nitrogen and oxygen atoms in total. The Balaban J connectivity index is 2.80. The van der Waals surface area contributed by atoms with Crippen LogP contribution in [0.5, 0.6) is 11.5 Å². The van der Waals surface area contributed by atoms with Gasteiger partial charge in [-0.3, -0.25) is 0 Å². The van der Waals surface area contributed by atoms with Gasteiger partial charge in [0.2, 0.25) is 0 Å². The molecule has 76 valence electrons. The zero-order valence-corrected chi connectivity index (χ0v) is 9.01. The molecule has 0 radical (unpaired) electrons. The van der Waals surface area contributed by atoms with E-state index in [1.54, 1.807) is 14.0 Å². The van der Waals surface area contributed by atoms with Gasteiger partial charge in [-0.1, -0.05) is 24.4 Å². The highest BCUT2D eigenvalue weighted by Crippen LogP contribution is 2.26. The number of para-hydroxylation sites is 2. The Hall–Kier alpha value is -1.29. The third-order valence-electron chi connectivity index (χ3n) is 1.77. The maximum absolute atomic E-state index is 5.51. The van der Waals surface area contributed by atoms with Crippen molar-refractivity contribution in [1.29, 1.82) is 0 Å². The molecule has 1 rings (SSSR count). The Kier molecular flexibility index (Phi) is 3.71. The van der Waals surface area contributed by atoms with Gasteiger partial charge in [-0.05, 0) is 19.1 Å². The Morgan fingerprint density at radius 2 is 1.93 bits per heavy atom. The summed E-state index contributed by atoms with van der Waals surface area (Å²) in [6.45, 7) is 1.80. The quantitative estimate of drug-likeness (QED) is 0.771. The summed E-state index contributed by atoms with van der Waals surface area (Å²) >= 11 is 4.81. The van der Waals surface area contributed by atoms with E-state index in [2.05, 4.69) is 0 Å². The van der Waals surface area contributed by atoms with Crippen molar-refractivity contribution < 1.29 is 9.47 Å². The van der Waals surface area contributed by atoms with E-state index in [0.29, 0.717) is 16.5 Å². The van der Waals surface area contributed by atoms with Gasteiger partial charge in [0.05, 0.1) is 7.11 Å². The van der Waals surface area contributed by atoms with Gasteiger partial charge >= 0.3 is 0 Å². The summed E-state index contributed by atoms with van der Waals surface area (Å²) in [6, 6.07) is 7.37. The Morgan fingerprint density at radius 1 is 1.36 bits per heavy atom. The molecule has 0 fully saturated rings. The predicted octanol–water partition coefficient (Wildman–Crippen LogP) is 1.75. The van der Waals surface area contributed by atoms with E-state index in [-0.39, 0.29) is 6.10 Å². The average molecular weight is 211 g/mol. The number of hydrogen-bond donors (Lipinski definition) is 1. The van der Waals surface area contributed by atoms with Crippen molar-refractivity contribution in [3.8, 4) is 11.5 Å². The lowest BCUT2D eigenvalue weighted by Gasteiger charge is -2.15. The molecule has 0 saturated heterocycles. The highest BCUT2D eigenvalue weighted by Gasteiger charge is 2.09. The lowest BCUT2D eigenvalue weighted by atomic mass is 10.3. The Bertz CT molecular complexity index is 328. The standard InChI is InChI=1S/C10H13NO2S/c1-7(10(11)14)13-9-6-4-3-5-8(9)12-2/h3-7H,1-2H3,(H2,11,14). The number of thiocarbonyl (C=S) groups is 1.